The van der Waals surface area contributed by atoms with E-state index >= 15 is 0 Å². The summed E-state index contributed by atoms with van der Waals surface area (Å²) >= 11 is 0. The van der Waals surface area contributed by atoms with Crippen molar-refractivity contribution in [3.63, 3.8) is 0 Å². The van der Waals surface area contributed by atoms with Crippen LogP contribution in [0.25, 0.3) is 0 Å². The number of sulfonamides is 1. The maximum absolute atomic E-state index is 13.0. The Morgan fingerprint density at radius 3 is 2.20 bits per heavy atom. The van der Waals surface area contributed by atoms with Crippen LogP contribution in [0.1, 0.15) is 24.8 Å². The second kappa shape index (κ2) is 9.91. The number of anilines is 2. The summed E-state index contributed by atoms with van der Waals surface area (Å²) in [6.45, 7) is 1.65. The summed E-state index contributed by atoms with van der Waals surface area (Å²) in [6, 6.07) is 11.0. The van der Waals surface area contributed by atoms with Crippen LogP contribution in [0.15, 0.2) is 59.5 Å². The third-order valence-electron chi connectivity index (χ3n) is 6.26. The van der Waals surface area contributed by atoms with E-state index in [1.165, 1.54) is 18.1 Å². The van der Waals surface area contributed by atoms with Crippen molar-refractivity contribution in [1.82, 2.24) is 4.90 Å². The molecule has 2 aliphatic rings. The minimum absolute atomic E-state index is 0.00740. The first kappa shape index (κ1) is 24.5. The Morgan fingerprint density at radius 1 is 1.00 bits per heavy atom. The highest BCUT2D eigenvalue weighted by atomic mass is 32.2. The summed E-state index contributed by atoms with van der Waals surface area (Å²) in [5, 5.41) is 2.67. The number of hydrogen-bond donors (Lipinski definition) is 2. The molecule has 1 saturated heterocycles. The molecule has 10 heteroatoms. The van der Waals surface area contributed by atoms with Crippen molar-refractivity contribution in [2.24, 2.45) is 11.8 Å². The number of amides is 3. The van der Waals surface area contributed by atoms with E-state index in [-0.39, 0.29) is 41.5 Å². The molecule has 1 fully saturated rings. The molecular weight excluding hydrogens is 470 g/mol. The van der Waals surface area contributed by atoms with Crippen LogP contribution in [0.2, 0.25) is 0 Å². The minimum atomic E-state index is -3.92. The summed E-state index contributed by atoms with van der Waals surface area (Å²) in [6.07, 6.45) is 4.83. The molecule has 3 amide bonds. The zero-order chi connectivity index (χ0) is 25.2. The van der Waals surface area contributed by atoms with E-state index in [4.69, 9.17) is 4.74 Å². The first-order valence-electron chi connectivity index (χ1n) is 11.3. The molecule has 0 radical (unpaired) electrons. The predicted molar refractivity (Wildman–Crippen MR) is 130 cm³/mol. The van der Waals surface area contributed by atoms with Gasteiger partial charge in [0.2, 0.25) is 17.7 Å². The number of ether oxygens (including phenoxy) is 1. The van der Waals surface area contributed by atoms with Gasteiger partial charge in [0.1, 0.15) is 5.75 Å². The van der Waals surface area contributed by atoms with Gasteiger partial charge in [-0.2, -0.15) is 0 Å². The Morgan fingerprint density at radius 2 is 1.60 bits per heavy atom. The van der Waals surface area contributed by atoms with Gasteiger partial charge in [-0.05, 0) is 61.7 Å². The topological polar surface area (TPSA) is 122 Å². The number of methoxy groups -OCH3 is 1. The zero-order valence-electron chi connectivity index (χ0n) is 19.5. The standard InChI is InChI=1S/C25H27N3O6S/c1-16-7-8-18(15-22(16)35(32,33)27-17-9-11-19(34-2)12-10-17)26-23(29)13-14-28-24(30)20-5-3-4-6-21(20)25(28)31/h3-4,7-12,15,20-21,27H,5-6,13-14H2,1-2H3,(H,26,29)/t20-,21-/m1/s1. The van der Waals surface area contributed by atoms with Crippen LogP contribution < -0.4 is 14.8 Å². The highest BCUT2D eigenvalue weighted by Gasteiger charge is 2.46. The molecule has 35 heavy (non-hydrogen) atoms. The van der Waals surface area contributed by atoms with Crippen LogP contribution in [0.3, 0.4) is 0 Å². The van der Waals surface area contributed by atoms with Gasteiger partial charge in [-0.15, -0.1) is 0 Å². The van der Waals surface area contributed by atoms with Gasteiger partial charge >= 0.3 is 0 Å². The van der Waals surface area contributed by atoms with Crippen LogP contribution in [0, 0.1) is 18.8 Å². The van der Waals surface area contributed by atoms with Gasteiger partial charge in [0.15, 0.2) is 0 Å². The van der Waals surface area contributed by atoms with Gasteiger partial charge in [-0.25, -0.2) is 8.42 Å². The van der Waals surface area contributed by atoms with Crippen molar-refractivity contribution in [1.29, 1.82) is 0 Å². The van der Waals surface area contributed by atoms with Crippen LogP contribution in [0.4, 0.5) is 11.4 Å². The molecule has 0 bridgehead atoms. The first-order valence-corrected chi connectivity index (χ1v) is 12.8. The summed E-state index contributed by atoms with van der Waals surface area (Å²) in [5.74, 6) is -0.955. The van der Waals surface area contributed by atoms with E-state index in [1.54, 1.807) is 43.3 Å². The number of nitrogens with zero attached hydrogens (tertiary/aromatic N) is 1. The number of benzene rings is 2. The van der Waals surface area contributed by atoms with Crippen LogP contribution in [-0.4, -0.2) is 44.7 Å². The van der Waals surface area contributed by atoms with Crippen molar-refractivity contribution < 1.29 is 27.5 Å². The molecule has 4 rings (SSSR count). The average molecular weight is 498 g/mol. The lowest BCUT2D eigenvalue weighted by molar-refractivity contribution is -0.140. The monoisotopic (exact) mass is 497 g/mol. The molecule has 2 N–H and O–H groups in total. The fraction of sp³-hybridized carbons (Fsp3) is 0.320. The molecule has 184 valence electrons. The minimum Gasteiger partial charge on any atom is -0.497 e. The third-order valence-corrected chi connectivity index (χ3v) is 7.79. The number of fused-ring (bicyclic) bond motifs is 1. The van der Waals surface area contributed by atoms with E-state index in [0.29, 0.717) is 35.5 Å². The van der Waals surface area contributed by atoms with Crippen molar-refractivity contribution in [3.8, 4) is 5.75 Å². The van der Waals surface area contributed by atoms with Crippen LogP contribution in [-0.2, 0) is 24.4 Å². The SMILES string of the molecule is COc1ccc(NS(=O)(=O)c2cc(NC(=O)CCN3C(=O)[C@@H]4CC=CC[C@H]4C3=O)ccc2C)cc1. The van der Waals surface area contributed by atoms with E-state index < -0.39 is 15.9 Å². The van der Waals surface area contributed by atoms with Crippen LogP contribution >= 0.6 is 0 Å². The molecule has 0 aromatic heterocycles. The lowest BCUT2D eigenvalue weighted by atomic mass is 9.85. The molecular formula is C25H27N3O6S. The Bertz CT molecular complexity index is 1260. The van der Waals surface area contributed by atoms with Crippen molar-refractivity contribution >= 4 is 39.1 Å². The molecule has 2 aromatic rings. The highest BCUT2D eigenvalue weighted by Crippen LogP contribution is 2.35. The molecule has 2 atom stereocenters. The largest absolute Gasteiger partial charge is 0.497 e. The van der Waals surface area contributed by atoms with Gasteiger partial charge in [0.05, 0.1) is 23.8 Å². The maximum Gasteiger partial charge on any atom is 0.262 e. The number of imide groups is 1. The molecule has 1 aliphatic heterocycles. The number of hydrogen-bond acceptors (Lipinski definition) is 6. The van der Waals surface area contributed by atoms with Crippen molar-refractivity contribution in [3.05, 3.63) is 60.2 Å². The highest BCUT2D eigenvalue weighted by molar-refractivity contribution is 7.92. The second-order valence-electron chi connectivity index (χ2n) is 8.60. The summed E-state index contributed by atoms with van der Waals surface area (Å²) in [4.78, 5) is 38.9. The van der Waals surface area contributed by atoms with Gasteiger partial charge in [0.25, 0.3) is 10.0 Å². The molecule has 0 unspecified atom stereocenters. The Balaban J connectivity index is 1.40. The summed E-state index contributed by atoms with van der Waals surface area (Å²) < 4.78 is 33.5. The maximum atomic E-state index is 13.0. The number of nitrogens with one attached hydrogen (secondary N) is 2. The number of carbonyl (C=O) groups is 3. The number of rotatable bonds is 8. The van der Waals surface area contributed by atoms with E-state index in [2.05, 4.69) is 10.0 Å². The molecule has 1 heterocycles. The fourth-order valence-corrected chi connectivity index (χ4v) is 5.69. The number of aryl methyl sites for hydroxylation is 1. The Labute approximate surface area is 204 Å². The molecule has 9 nitrogen and oxygen atoms in total. The second-order valence-corrected chi connectivity index (χ2v) is 10.2. The molecule has 1 aliphatic carbocycles. The Kier molecular flexibility index (Phi) is 6.93. The number of carbonyl (C=O) groups excluding carboxylic acids is 3. The number of likely N-dealkylation sites (tertiary alicyclic amines) is 1. The predicted octanol–water partition coefficient (Wildman–Crippen LogP) is 3.08. The van der Waals surface area contributed by atoms with Gasteiger partial charge in [-0.1, -0.05) is 18.2 Å². The van der Waals surface area contributed by atoms with Crippen molar-refractivity contribution in [2.75, 3.05) is 23.7 Å². The summed E-state index contributed by atoms with van der Waals surface area (Å²) in [7, 11) is -2.40. The van der Waals surface area contributed by atoms with Crippen LogP contribution in [0.5, 0.6) is 5.75 Å². The summed E-state index contributed by atoms with van der Waals surface area (Å²) in [5.41, 5.74) is 1.18. The molecule has 0 spiro atoms. The van der Waals surface area contributed by atoms with E-state index in [9.17, 15) is 22.8 Å². The molecule has 0 saturated carbocycles. The average Bonchev–Trinajstić information content (AvgIpc) is 3.08. The van der Waals surface area contributed by atoms with Gasteiger partial charge in [0, 0.05) is 24.3 Å². The lowest BCUT2D eigenvalue weighted by Crippen LogP contribution is -2.34. The third kappa shape index (κ3) is 5.22. The van der Waals surface area contributed by atoms with Crippen molar-refractivity contribution in [2.45, 2.75) is 31.1 Å². The smallest absolute Gasteiger partial charge is 0.262 e. The molecule has 2 aromatic carbocycles. The van der Waals surface area contributed by atoms with Gasteiger partial charge < -0.3 is 10.1 Å². The quantitative estimate of drug-likeness (QED) is 0.427. The lowest BCUT2D eigenvalue weighted by Gasteiger charge is -2.15. The van der Waals surface area contributed by atoms with E-state index in [0.717, 1.165) is 0 Å². The Hall–Kier alpha value is -3.66. The normalized spacial score (nSPS) is 19.4. The number of allylic oxidation sites excluding steroid dienone is 2. The van der Waals surface area contributed by atoms with E-state index in [1.807, 2.05) is 12.2 Å². The zero-order valence-corrected chi connectivity index (χ0v) is 20.3. The first-order chi connectivity index (χ1) is 16.7. The fourth-order valence-electron chi connectivity index (χ4n) is 4.36. The van der Waals surface area contributed by atoms with Gasteiger partial charge in [-0.3, -0.25) is 24.0 Å².